The Kier molecular flexibility index (Phi) is 3.47. The summed E-state index contributed by atoms with van der Waals surface area (Å²) in [5.74, 6) is -0.0138. The van der Waals surface area contributed by atoms with Crippen LogP contribution in [-0.4, -0.2) is 19.9 Å². The van der Waals surface area contributed by atoms with Gasteiger partial charge in [-0.15, -0.1) is 11.3 Å². The summed E-state index contributed by atoms with van der Waals surface area (Å²) in [6.45, 7) is 4.12. The highest BCUT2D eigenvalue weighted by Crippen LogP contribution is 2.38. The highest BCUT2D eigenvalue weighted by atomic mass is 32.1. The third-order valence-electron chi connectivity index (χ3n) is 5.70. The first kappa shape index (κ1) is 16.0. The first-order valence-corrected chi connectivity index (χ1v) is 10.1. The van der Waals surface area contributed by atoms with Gasteiger partial charge in [0.1, 0.15) is 4.83 Å². The maximum atomic E-state index is 13.0. The topological polar surface area (TPSA) is 56.9 Å². The SMILES string of the molecule is Cc1cc(C(=O)Cn2cnc3sc4c(c3c2=O)CCC4)c(C)n1C1CC1. The predicted octanol–water partition coefficient (Wildman–Crippen LogP) is 3.58. The minimum Gasteiger partial charge on any atom is -0.345 e. The number of hydrogen-bond donors (Lipinski definition) is 0. The van der Waals surface area contributed by atoms with Crippen molar-refractivity contribution in [2.75, 3.05) is 0 Å². The van der Waals surface area contributed by atoms with Crippen LogP contribution in [0, 0.1) is 13.8 Å². The van der Waals surface area contributed by atoms with Gasteiger partial charge in [-0.05, 0) is 57.6 Å². The number of ketones is 1. The Morgan fingerprint density at radius 3 is 2.88 bits per heavy atom. The Morgan fingerprint density at radius 2 is 2.12 bits per heavy atom. The van der Waals surface area contributed by atoms with Crippen LogP contribution in [0.4, 0.5) is 0 Å². The lowest BCUT2D eigenvalue weighted by atomic mass is 10.1. The Labute approximate surface area is 155 Å². The van der Waals surface area contributed by atoms with Crippen LogP contribution < -0.4 is 5.56 Å². The average molecular weight is 367 g/mol. The lowest BCUT2D eigenvalue weighted by Gasteiger charge is -2.08. The molecule has 0 radical (unpaired) electrons. The van der Waals surface area contributed by atoms with Crippen molar-refractivity contribution < 1.29 is 4.79 Å². The molecule has 5 nitrogen and oxygen atoms in total. The van der Waals surface area contributed by atoms with E-state index >= 15 is 0 Å². The summed E-state index contributed by atoms with van der Waals surface area (Å²) in [6.07, 6.45) is 7.01. The van der Waals surface area contributed by atoms with E-state index in [9.17, 15) is 9.59 Å². The lowest BCUT2D eigenvalue weighted by molar-refractivity contribution is 0.0970. The fourth-order valence-corrected chi connectivity index (χ4v) is 5.55. The third kappa shape index (κ3) is 2.31. The molecule has 2 aliphatic carbocycles. The number of carbonyl (C=O) groups excluding carboxylic acids is 1. The monoisotopic (exact) mass is 367 g/mol. The van der Waals surface area contributed by atoms with Crippen LogP contribution >= 0.6 is 11.3 Å². The van der Waals surface area contributed by atoms with Crippen LogP contribution in [0.1, 0.15) is 57.5 Å². The summed E-state index contributed by atoms with van der Waals surface area (Å²) < 4.78 is 3.75. The summed E-state index contributed by atoms with van der Waals surface area (Å²) >= 11 is 1.63. The van der Waals surface area contributed by atoms with Crippen molar-refractivity contribution in [3.05, 3.63) is 50.1 Å². The summed E-state index contributed by atoms with van der Waals surface area (Å²) in [5, 5.41) is 0.737. The second-order valence-corrected chi connectivity index (χ2v) is 8.61. The zero-order valence-corrected chi connectivity index (χ0v) is 15.9. The fourth-order valence-electron chi connectivity index (χ4n) is 4.33. The third-order valence-corrected chi connectivity index (χ3v) is 6.90. The number of nitrogens with zero attached hydrogens (tertiary/aromatic N) is 3. The Balaban J connectivity index is 1.52. The molecule has 3 heterocycles. The normalized spacial score (nSPS) is 16.4. The van der Waals surface area contributed by atoms with E-state index in [0.29, 0.717) is 6.04 Å². The van der Waals surface area contributed by atoms with Crippen LogP contribution in [0.25, 0.3) is 10.2 Å². The van der Waals surface area contributed by atoms with Gasteiger partial charge in [-0.25, -0.2) is 4.98 Å². The summed E-state index contributed by atoms with van der Waals surface area (Å²) in [7, 11) is 0. The number of carbonyl (C=O) groups is 1. The quantitative estimate of drug-likeness (QED) is 0.662. The van der Waals surface area contributed by atoms with Crippen molar-refractivity contribution in [2.45, 2.75) is 58.5 Å². The first-order chi connectivity index (χ1) is 12.5. The number of Topliss-reactive ketones (excluding diaryl/α,β-unsaturated/α-hetero) is 1. The van der Waals surface area contributed by atoms with Gasteiger partial charge in [0.15, 0.2) is 5.78 Å². The summed E-state index contributed by atoms with van der Waals surface area (Å²) in [4.78, 5) is 32.4. The van der Waals surface area contributed by atoms with Crippen LogP contribution in [0.5, 0.6) is 0 Å². The molecular weight excluding hydrogens is 346 g/mol. The minimum atomic E-state index is -0.0706. The number of thiophene rings is 1. The molecule has 0 aromatic carbocycles. The van der Waals surface area contributed by atoms with Gasteiger partial charge in [0, 0.05) is 27.9 Å². The fraction of sp³-hybridized carbons (Fsp3) is 0.450. The van der Waals surface area contributed by atoms with Crippen molar-refractivity contribution in [1.82, 2.24) is 14.1 Å². The van der Waals surface area contributed by atoms with Gasteiger partial charge in [-0.1, -0.05) is 0 Å². The molecule has 0 atom stereocenters. The zero-order chi connectivity index (χ0) is 18.0. The van der Waals surface area contributed by atoms with E-state index in [0.717, 1.165) is 52.0 Å². The van der Waals surface area contributed by atoms with Gasteiger partial charge in [0.2, 0.25) is 0 Å². The maximum absolute atomic E-state index is 13.0. The number of hydrogen-bond acceptors (Lipinski definition) is 4. The van der Waals surface area contributed by atoms with Crippen molar-refractivity contribution in [2.24, 2.45) is 0 Å². The van der Waals surface area contributed by atoms with Crippen LogP contribution in [0.2, 0.25) is 0 Å². The number of aryl methyl sites for hydroxylation is 3. The molecule has 5 rings (SSSR count). The van der Waals surface area contributed by atoms with E-state index in [1.54, 1.807) is 11.3 Å². The van der Waals surface area contributed by atoms with E-state index in [2.05, 4.69) is 16.5 Å². The molecule has 2 aliphatic rings. The van der Waals surface area contributed by atoms with Crippen LogP contribution in [0.3, 0.4) is 0 Å². The van der Waals surface area contributed by atoms with Crippen molar-refractivity contribution in [1.29, 1.82) is 0 Å². The molecule has 3 aromatic heterocycles. The van der Waals surface area contributed by atoms with Gasteiger partial charge in [-0.3, -0.25) is 14.2 Å². The van der Waals surface area contributed by atoms with Crippen molar-refractivity contribution in [3.8, 4) is 0 Å². The smallest absolute Gasteiger partial charge is 0.262 e. The van der Waals surface area contributed by atoms with Crippen molar-refractivity contribution in [3.63, 3.8) is 0 Å². The predicted molar refractivity (Wildman–Crippen MR) is 102 cm³/mol. The molecule has 1 fully saturated rings. The Bertz CT molecular complexity index is 1110. The number of fused-ring (bicyclic) bond motifs is 3. The largest absolute Gasteiger partial charge is 0.345 e. The maximum Gasteiger partial charge on any atom is 0.262 e. The molecule has 0 bridgehead atoms. The highest BCUT2D eigenvalue weighted by Gasteiger charge is 2.28. The van der Waals surface area contributed by atoms with Gasteiger partial charge in [-0.2, -0.15) is 0 Å². The van der Waals surface area contributed by atoms with Gasteiger partial charge in [0.05, 0.1) is 18.3 Å². The molecule has 0 unspecified atom stereocenters. The summed E-state index contributed by atoms with van der Waals surface area (Å²) in [5.41, 5.74) is 3.98. The molecule has 0 aliphatic heterocycles. The molecule has 0 amide bonds. The first-order valence-electron chi connectivity index (χ1n) is 9.26. The lowest BCUT2D eigenvalue weighted by Crippen LogP contribution is -2.25. The van der Waals surface area contributed by atoms with Gasteiger partial charge in [0.25, 0.3) is 5.56 Å². The summed E-state index contributed by atoms with van der Waals surface area (Å²) in [6, 6.07) is 2.51. The Hall–Kier alpha value is -2.21. The molecule has 0 N–H and O–H groups in total. The average Bonchev–Trinajstić information content (AvgIpc) is 3.09. The molecule has 3 aromatic rings. The second kappa shape index (κ2) is 5.64. The molecule has 26 heavy (non-hydrogen) atoms. The van der Waals surface area contributed by atoms with Crippen LogP contribution in [-0.2, 0) is 19.4 Å². The second-order valence-electron chi connectivity index (χ2n) is 7.52. The minimum absolute atomic E-state index is 0.0138. The standard InChI is InChI=1S/C20H21N3O2S/c1-11-8-15(12(2)23(11)13-6-7-13)16(24)9-22-10-21-19-18(20(22)25)14-4-3-5-17(14)26-19/h8,10,13H,3-7,9H2,1-2H3. The number of aromatic nitrogens is 3. The van der Waals surface area contributed by atoms with E-state index in [4.69, 9.17) is 0 Å². The molecular formula is C20H21N3O2S. The molecule has 6 heteroatoms. The van der Waals surface area contributed by atoms with E-state index in [-0.39, 0.29) is 17.9 Å². The molecule has 1 saturated carbocycles. The van der Waals surface area contributed by atoms with E-state index < -0.39 is 0 Å². The van der Waals surface area contributed by atoms with Crippen molar-refractivity contribution >= 4 is 27.3 Å². The Morgan fingerprint density at radius 1 is 1.31 bits per heavy atom. The molecule has 0 saturated heterocycles. The number of rotatable bonds is 4. The van der Waals surface area contributed by atoms with E-state index in [1.807, 2.05) is 13.0 Å². The van der Waals surface area contributed by atoms with Crippen LogP contribution in [0.15, 0.2) is 17.2 Å². The van der Waals surface area contributed by atoms with Gasteiger partial charge >= 0.3 is 0 Å². The molecule has 134 valence electrons. The van der Waals surface area contributed by atoms with E-state index in [1.165, 1.54) is 28.6 Å². The zero-order valence-electron chi connectivity index (χ0n) is 15.0. The molecule has 0 spiro atoms. The van der Waals surface area contributed by atoms with Gasteiger partial charge < -0.3 is 4.57 Å². The highest BCUT2D eigenvalue weighted by molar-refractivity contribution is 7.18.